The molecule has 0 unspecified atom stereocenters. The second-order valence-electron chi connectivity index (χ2n) is 9.93. The fraction of sp³-hybridized carbons (Fsp3) is 0.433. The molecule has 0 saturated heterocycles. The molecule has 1 aromatic heterocycles. The van der Waals surface area contributed by atoms with Gasteiger partial charge in [0.05, 0.1) is 17.9 Å². The highest BCUT2D eigenvalue weighted by molar-refractivity contribution is 5.69. The molecular weight excluding hydrogens is 493 g/mol. The Balaban J connectivity index is 1.33. The fourth-order valence-electron chi connectivity index (χ4n) is 5.09. The third-order valence-corrected chi connectivity index (χ3v) is 7.21. The molecule has 0 N–H and O–H groups in total. The van der Waals surface area contributed by atoms with Crippen LogP contribution in [0.5, 0.6) is 5.75 Å². The Labute approximate surface area is 220 Å². The Morgan fingerprint density at radius 2 is 1.74 bits per heavy atom. The summed E-state index contributed by atoms with van der Waals surface area (Å²) in [5.41, 5.74) is 5.36. The van der Waals surface area contributed by atoms with Crippen molar-refractivity contribution in [1.29, 1.82) is 0 Å². The number of hydrogen-bond donors (Lipinski definition) is 0. The van der Waals surface area contributed by atoms with Crippen molar-refractivity contribution in [2.24, 2.45) is 0 Å². The van der Waals surface area contributed by atoms with E-state index in [1.165, 1.54) is 28.8 Å². The minimum absolute atomic E-state index is 0.176. The molecule has 1 fully saturated rings. The van der Waals surface area contributed by atoms with E-state index in [2.05, 4.69) is 11.1 Å². The van der Waals surface area contributed by atoms with Crippen LogP contribution in [-0.4, -0.2) is 22.5 Å². The van der Waals surface area contributed by atoms with Crippen molar-refractivity contribution in [1.82, 2.24) is 9.97 Å². The van der Waals surface area contributed by atoms with Gasteiger partial charge in [-0.3, -0.25) is 4.79 Å². The maximum Gasteiger partial charge on any atom is 0.416 e. The summed E-state index contributed by atoms with van der Waals surface area (Å²) in [5, 5.41) is 0. The Hall–Kier alpha value is -3.42. The summed E-state index contributed by atoms with van der Waals surface area (Å²) in [7, 11) is 0. The van der Waals surface area contributed by atoms with Crippen LogP contribution < -0.4 is 4.74 Å². The van der Waals surface area contributed by atoms with E-state index in [4.69, 9.17) is 14.5 Å². The molecule has 5 rings (SSSR count). The van der Waals surface area contributed by atoms with Crippen LogP contribution in [0.15, 0.2) is 42.6 Å². The van der Waals surface area contributed by atoms with Gasteiger partial charge in [0.1, 0.15) is 12.4 Å². The molecule has 3 aromatic rings. The number of rotatable bonds is 9. The van der Waals surface area contributed by atoms with Gasteiger partial charge in [0.2, 0.25) is 0 Å². The predicted molar refractivity (Wildman–Crippen MR) is 137 cm³/mol. The third-order valence-electron chi connectivity index (χ3n) is 7.21. The lowest BCUT2D eigenvalue weighted by molar-refractivity contribution is -0.143. The number of aromatic nitrogens is 2. The molecule has 2 aromatic carbocycles. The van der Waals surface area contributed by atoms with Gasteiger partial charge in [0.15, 0.2) is 5.82 Å². The second kappa shape index (κ2) is 11.1. The van der Waals surface area contributed by atoms with Crippen LogP contribution in [0.25, 0.3) is 11.4 Å². The molecule has 200 valence electrons. The van der Waals surface area contributed by atoms with Gasteiger partial charge in [0, 0.05) is 29.7 Å². The Morgan fingerprint density at radius 1 is 1.00 bits per heavy atom. The molecule has 0 amide bonds. The zero-order valence-electron chi connectivity index (χ0n) is 21.4. The summed E-state index contributed by atoms with van der Waals surface area (Å²) in [6, 6.07) is 9.02. The molecule has 2 aliphatic rings. The maximum atomic E-state index is 12.9. The maximum absolute atomic E-state index is 12.9. The molecule has 0 aliphatic heterocycles. The number of carbonyl (C=O) groups is 1. The molecule has 0 radical (unpaired) electrons. The van der Waals surface area contributed by atoms with Gasteiger partial charge in [-0.2, -0.15) is 13.2 Å². The van der Waals surface area contributed by atoms with E-state index < -0.39 is 11.7 Å². The SMILES string of the molecule is CCOC(=O)CCc1ccc(OCc2cnc(-c3ccc(C(F)(F)F)cc3)nc2C2CC2)c2c1CCCC2. The van der Waals surface area contributed by atoms with Crippen molar-refractivity contribution in [2.75, 3.05) is 6.61 Å². The number of alkyl halides is 3. The lowest BCUT2D eigenvalue weighted by Crippen LogP contribution is -2.12. The molecule has 38 heavy (non-hydrogen) atoms. The van der Waals surface area contributed by atoms with Crippen LogP contribution in [0.3, 0.4) is 0 Å². The van der Waals surface area contributed by atoms with Crippen LogP contribution in [0.4, 0.5) is 13.2 Å². The zero-order valence-corrected chi connectivity index (χ0v) is 21.4. The van der Waals surface area contributed by atoms with Gasteiger partial charge in [-0.25, -0.2) is 9.97 Å². The summed E-state index contributed by atoms with van der Waals surface area (Å²) in [4.78, 5) is 21.1. The van der Waals surface area contributed by atoms with Gasteiger partial charge in [-0.1, -0.05) is 18.2 Å². The summed E-state index contributed by atoms with van der Waals surface area (Å²) in [5.74, 6) is 1.43. The monoisotopic (exact) mass is 524 g/mol. The van der Waals surface area contributed by atoms with Crippen molar-refractivity contribution in [3.05, 3.63) is 76.1 Å². The Bertz CT molecular complexity index is 1300. The van der Waals surface area contributed by atoms with E-state index in [9.17, 15) is 18.0 Å². The number of esters is 1. The summed E-state index contributed by atoms with van der Waals surface area (Å²) in [6.45, 7) is 2.53. The average molecular weight is 525 g/mol. The topological polar surface area (TPSA) is 61.3 Å². The third kappa shape index (κ3) is 6.00. The van der Waals surface area contributed by atoms with E-state index >= 15 is 0 Å². The van der Waals surface area contributed by atoms with Crippen molar-refractivity contribution in [3.8, 4) is 17.1 Å². The minimum Gasteiger partial charge on any atom is -0.488 e. The number of ether oxygens (including phenoxy) is 2. The normalized spacial score (nSPS) is 15.2. The van der Waals surface area contributed by atoms with Crippen LogP contribution in [0.1, 0.15) is 78.5 Å². The number of carbonyl (C=O) groups excluding carboxylic acids is 1. The number of halogens is 3. The first kappa shape index (κ1) is 26.2. The lowest BCUT2D eigenvalue weighted by atomic mass is 9.86. The smallest absolute Gasteiger partial charge is 0.416 e. The molecule has 0 atom stereocenters. The quantitative estimate of drug-likeness (QED) is 0.282. The van der Waals surface area contributed by atoms with Gasteiger partial charge < -0.3 is 9.47 Å². The first-order valence-corrected chi connectivity index (χ1v) is 13.3. The Kier molecular flexibility index (Phi) is 7.68. The van der Waals surface area contributed by atoms with E-state index in [1.807, 2.05) is 13.0 Å². The van der Waals surface area contributed by atoms with Crippen molar-refractivity contribution in [2.45, 2.75) is 77.0 Å². The van der Waals surface area contributed by atoms with E-state index in [1.54, 1.807) is 6.20 Å². The molecule has 0 bridgehead atoms. The largest absolute Gasteiger partial charge is 0.488 e. The summed E-state index contributed by atoms with van der Waals surface area (Å²) in [6.07, 6.45) is 4.59. The highest BCUT2D eigenvalue weighted by atomic mass is 19.4. The van der Waals surface area contributed by atoms with Crippen LogP contribution >= 0.6 is 0 Å². The van der Waals surface area contributed by atoms with Crippen molar-refractivity contribution >= 4 is 5.97 Å². The van der Waals surface area contributed by atoms with E-state index in [-0.39, 0.29) is 5.97 Å². The number of fused-ring (bicyclic) bond motifs is 1. The molecule has 1 saturated carbocycles. The predicted octanol–water partition coefficient (Wildman–Crippen LogP) is 6.99. The molecule has 5 nitrogen and oxygen atoms in total. The molecular formula is C30H31F3N2O3. The molecule has 8 heteroatoms. The molecule has 2 aliphatic carbocycles. The highest BCUT2D eigenvalue weighted by Crippen LogP contribution is 2.42. The van der Waals surface area contributed by atoms with Crippen molar-refractivity contribution in [3.63, 3.8) is 0 Å². The highest BCUT2D eigenvalue weighted by Gasteiger charge is 2.31. The number of aryl methyl sites for hydroxylation is 1. The number of benzene rings is 2. The summed E-state index contributed by atoms with van der Waals surface area (Å²) < 4.78 is 50.2. The van der Waals surface area contributed by atoms with E-state index in [0.717, 1.165) is 67.7 Å². The molecule has 1 heterocycles. The molecule has 0 spiro atoms. The zero-order chi connectivity index (χ0) is 26.7. The van der Waals surface area contributed by atoms with E-state index in [0.29, 0.717) is 43.4 Å². The van der Waals surface area contributed by atoms with Gasteiger partial charge in [0.25, 0.3) is 0 Å². The van der Waals surface area contributed by atoms with Gasteiger partial charge >= 0.3 is 12.1 Å². The lowest BCUT2D eigenvalue weighted by Gasteiger charge is -2.23. The first-order chi connectivity index (χ1) is 18.3. The van der Waals surface area contributed by atoms with Crippen LogP contribution in [-0.2, 0) is 41.6 Å². The standard InChI is InChI=1S/C30H31F3N2O3/c1-2-37-27(36)16-12-19-11-15-26(25-6-4-3-5-24(19)25)38-18-22-17-34-29(35-28(22)20-7-8-20)21-9-13-23(14-10-21)30(31,32)33/h9-11,13-15,17,20H,2-8,12,16,18H2,1H3. The van der Waals surface area contributed by atoms with Crippen molar-refractivity contribution < 1.29 is 27.4 Å². The van der Waals surface area contributed by atoms with Gasteiger partial charge in [-0.05, 0) is 86.8 Å². The second-order valence-corrected chi connectivity index (χ2v) is 9.93. The summed E-state index contributed by atoms with van der Waals surface area (Å²) >= 11 is 0. The average Bonchev–Trinajstić information content (AvgIpc) is 3.76. The number of hydrogen-bond acceptors (Lipinski definition) is 5. The number of nitrogens with zero attached hydrogens (tertiary/aromatic N) is 2. The Morgan fingerprint density at radius 3 is 2.42 bits per heavy atom. The van der Waals surface area contributed by atoms with Gasteiger partial charge in [-0.15, -0.1) is 0 Å². The van der Waals surface area contributed by atoms with Crippen LogP contribution in [0, 0.1) is 0 Å². The minimum atomic E-state index is -4.38. The first-order valence-electron chi connectivity index (χ1n) is 13.3. The fourth-order valence-corrected chi connectivity index (χ4v) is 5.09. The van der Waals surface area contributed by atoms with Crippen LogP contribution in [0.2, 0.25) is 0 Å².